The van der Waals surface area contributed by atoms with Gasteiger partial charge in [-0.3, -0.25) is 0 Å². The summed E-state index contributed by atoms with van der Waals surface area (Å²) in [4.78, 5) is 7.55. The average molecular weight is 244 g/mol. The molecule has 0 bridgehead atoms. The normalized spacial score (nSPS) is 11.0. The third kappa shape index (κ3) is 1.48. The molecule has 0 spiro atoms. The first kappa shape index (κ1) is 10.6. The maximum atomic E-state index is 13.2. The van der Waals surface area contributed by atoms with E-state index in [0.717, 1.165) is 5.56 Å². The molecule has 0 saturated heterocycles. The van der Waals surface area contributed by atoms with Crippen LogP contribution in [0.15, 0.2) is 24.5 Å². The van der Waals surface area contributed by atoms with Crippen LogP contribution in [0.1, 0.15) is 5.56 Å². The van der Waals surface area contributed by atoms with E-state index < -0.39 is 5.95 Å². The van der Waals surface area contributed by atoms with Gasteiger partial charge < -0.3 is 5.73 Å². The third-order valence-corrected chi connectivity index (χ3v) is 2.66. The number of nitrogens with zero attached hydrogens (tertiary/aromatic N) is 5. The van der Waals surface area contributed by atoms with Gasteiger partial charge in [0.2, 0.25) is 11.9 Å². The Morgan fingerprint density at radius 1 is 1.28 bits per heavy atom. The molecule has 3 aromatic heterocycles. The van der Waals surface area contributed by atoms with Gasteiger partial charge in [-0.05, 0) is 12.5 Å². The zero-order valence-corrected chi connectivity index (χ0v) is 9.50. The van der Waals surface area contributed by atoms with Crippen molar-refractivity contribution in [3.05, 3.63) is 36.0 Å². The number of nitrogens with two attached hydrogens (primary N) is 1. The predicted octanol–water partition coefficient (Wildman–Crippen LogP) is 1.22. The molecular formula is C11H9FN6. The van der Waals surface area contributed by atoms with E-state index in [2.05, 4.69) is 20.2 Å². The monoisotopic (exact) mass is 244 g/mol. The molecule has 90 valence electrons. The Kier molecular flexibility index (Phi) is 2.19. The standard InChI is InChI=1S/C11H9FN6/c1-6-5-15-8(12)4-7(6)10-17-16-9-2-3-14-11(13)18(9)10/h2-5H,1H3,(H2,13,14). The van der Waals surface area contributed by atoms with E-state index in [1.54, 1.807) is 16.7 Å². The Bertz CT molecular complexity index is 735. The molecule has 0 aromatic carbocycles. The molecule has 0 aliphatic heterocycles. The van der Waals surface area contributed by atoms with E-state index >= 15 is 0 Å². The van der Waals surface area contributed by atoms with Crippen LogP contribution in [0.5, 0.6) is 0 Å². The maximum absolute atomic E-state index is 13.2. The lowest BCUT2D eigenvalue weighted by atomic mass is 10.1. The largest absolute Gasteiger partial charge is 0.369 e. The fourth-order valence-corrected chi connectivity index (χ4v) is 1.78. The molecule has 7 heteroatoms. The van der Waals surface area contributed by atoms with Crippen molar-refractivity contribution in [1.29, 1.82) is 0 Å². The number of hydrogen-bond acceptors (Lipinski definition) is 5. The molecule has 0 amide bonds. The van der Waals surface area contributed by atoms with Crippen LogP contribution in [0, 0.1) is 12.9 Å². The lowest BCUT2D eigenvalue weighted by Crippen LogP contribution is -2.02. The summed E-state index contributed by atoms with van der Waals surface area (Å²) < 4.78 is 14.8. The van der Waals surface area contributed by atoms with E-state index in [1.165, 1.54) is 12.3 Å². The summed E-state index contributed by atoms with van der Waals surface area (Å²) in [6.45, 7) is 1.81. The van der Waals surface area contributed by atoms with Crippen molar-refractivity contribution in [2.24, 2.45) is 0 Å². The number of aromatic nitrogens is 5. The lowest BCUT2D eigenvalue weighted by Gasteiger charge is -2.05. The summed E-state index contributed by atoms with van der Waals surface area (Å²) >= 11 is 0. The third-order valence-electron chi connectivity index (χ3n) is 2.66. The molecule has 0 atom stereocenters. The van der Waals surface area contributed by atoms with Gasteiger partial charge in [-0.15, -0.1) is 10.2 Å². The minimum Gasteiger partial charge on any atom is -0.369 e. The van der Waals surface area contributed by atoms with Gasteiger partial charge in [0.15, 0.2) is 11.5 Å². The Morgan fingerprint density at radius 3 is 2.94 bits per heavy atom. The number of rotatable bonds is 1. The van der Waals surface area contributed by atoms with Gasteiger partial charge in [-0.25, -0.2) is 14.4 Å². The van der Waals surface area contributed by atoms with E-state index in [1.807, 2.05) is 6.92 Å². The van der Waals surface area contributed by atoms with Gasteiger partial charge in [0, 0.05) is 30.1 Å². The molecule has 18 heavy (non-hydrogen) atoms. The number of nitrogen functional groups attached to an aromatic ring is 1. The Hall–Kier alpha value is -2.57. The van der Waals surface area contributed by atoms with Crippen LogP contribution in [0.3, 0.4) is 0 Å². The quantitative estimate of drug-likeness (QED) is 0.651. The molecule has 2 N–H and O–H groups in total. The first-order chi connectivity index (χ1) is 8.66. The molecule has 0 saturated carbocycles. The molecule has 3 heterocycles. The highest BCUT2D eigenvalue weighted by Gasteiger charge is 2.13. The highest BCUT2D eigenvalue weighted by molar-refractivity contribution is 5.64. The molecular weight excluding hydrogens is 235 g/mol. The van der Waals surface area contributed by atoms with Crippen LogP contribution in [0.25, 0.3) is 17.0 Å². The first-order valence-corrected chi connectivity index (χ1v) is 5.25. The van der Waals surface area contributed by atoms with Crippen molar-refractivity contribution in [2.75, 3.05) is 5.73 Å². The van der Waals surface area contributed by atoms with Crippen LogP contribution in [0.2, 0.25) is 0 Å². The summed E-state index contributed by atoms with van der Waals surface area (Å²) in [5.41, 5.74) is 7.73. The van der Waals surface area contributed by atoms with Crippen molar-refractivity contribution >= 4 is 11.6 Å². The summed E-state index contributed by atoms with van der Waals surface area (Å²) in [6.07, 6.45) is 2.99. The van der Waals surface area contributed by atoms with Crippen molar-refractivity contribution in [3.63, 3.8) is 0 Å². The molecule has 0 aliphatic rings. The zero-order chi connectivity index (χ0) is 12.7. The molecule has 0 radical (unpaired) electrons. The smallest absolute Gasteiger partial charge is 0.213 e. The van der Waals surface area contributed by atoms with Gasteiger partial charge >= 0.3 is 0 Å². The average Bonchev–Trinajstić information content (AvgIpc) is 2.77. The van der Waals surface area contributed by atoms with Crippen molar-refractivity contribution in [1.82, 2.24) is 24.6 Å². The van der Waals surface area contributed by atoms with Gasteiger partial charge in [0.1, 0.15) is 0 Å². The summed E-state index contributed by atoms with van der Waals surface area (Å²) in [5, 5.41) is 8.00. The van der Waals surface area contributed by atoms with Gasteiger partial charge in [0.25, 0.3) is 0 Å². The van der Waals surface area contributed by atoms with Crippen LogP contribution in [0.4, 0.5) is 10.3 Å². The predicted molar refractivity (Wildman–Crippen MR) is 63.1 cm³/mol. The number of fused-ring (bicyclic) bond motifs is 1. The number of hydrogen-bond donors (Lipinski definition) is 1. The molecule has 0 fully saturated rings. The fraction of sp³-hybridized carbons (Fsp3) is 0.0909. The lowest BCUT2D eigenvalue weighted by molar-refractivity contribution is 0.583. The fourth-order valence-electron chi connectivity index (χ4n) is 1.78. The Labute approximate surface area is 101 Å². The number of aryl methyl sites for hydroxylation is 1. The van der Waals surface area contributed by atoms with Gasteiger partial charge in [0.05, 0.1) is 0 Å². The molecule has 6 nitrogen and oxygen atoms in total. The Balaban J connectivity index is 2.35. The second-order valence-electron chi connectivity index (χ2n) is 3.84. The van der Waals surface area contributed by atoms with Crippen molar-refractivity contribution < 1.29 is 4.39 Å². The van der Waals surface area contributed by atoms with Crippen molar-refractivity contribution in [3.8, 4) is 11.4 Å². The Morgan fingerprint density at radius 2 is 2.11 bits per heavy atom. The second-order valence-corrected chi connectivity index (χ2v) is 3.84. The summed E-state index contributed by atoms with van der Waals surface area (Å²) in [5.74, 6) is 0.133. The van der Waals surface area contributed by atoms with Crippen LogP contribution in [-0.4, -0.2) is 24.6 Å². The maximum Gasteiger partial charge on any atom is 0.213 e. The van der Waals surface area contributed by atoms with Gasteiger partial charge in [-0.1, -0.05) is 0 Å². The number of halogens is 1. The van der Waals surface area contributed by atoms with E-state index in [-0.39, 0.29) is 5.95 Å². The molecule has 3 aromatic rings. The van der Waals surface area contributed by atoms with E-state index in [9.17, 15) is 4.39 Å². The van der Waals surface area contributed by atoms with Crippen LogP contribution < -0.4 is 5.73 Å². The highest BCUT2D eigenvalue weighted by Crippen LogP contribution is 2.23. The van der Waals surface area contributed by atoms with Crippen molar-refractivity contribution in [2.45, 2.75) is 6.92 Å². The SMILES string of the molecule is Cc1cnc(F)cc1-c1nnc2ccnc(N)n12. The van der Waals surface area contributed by atoms with E-state index in [4.69, 9.17) is 5.73 Å². The molecule has 0 aliphatic carbocycles. The molecule has 0 unspecified atom stereocenters. The summed E-state index contributed by atoms with van der Waals surface area (Å²) in [7, 11) is 0. The first-order valence-electron chi connectivity index (χ1n) is 5.25. The van der Waals surface area contributed by atoms with E-state index in [0.29, 0.717) is 17.0 Å². The zero-order valence-electron chi connectivity index (χ0n) is 9.50. The minimum absolute atomic E-state index is 0.254. The van der Waals surface area contributed by atoms with Gasteiger partial charge in [-0.2, -0.15) is 4.39 Å². The number of anilines is 1. The second kappa shape index (κ2) is 3.73. The number of pyridine rings is 1. The summed E-state index contributed by atoms with van der Waals surface area (Å²) in [6, 6.07) is 2.98. The minimum atomic E-state index is -0.574. The molecule has 3 rings (SSSR count). The van der Waals surface area contributed by atoms with Crippen LogP contribution >= 0.6 is 0 Å². The topological polar surface area (TPSA) is 82.0 Å². The highest BCUT2D eigenvalue weighted by atomic mass is 19.1. The van der Waals surface area contributed by atoms with Crippen LogP contribution in [-0.2, 0) is 0 Å².